The molecule has 2 aromatic carbocycles. The zero-order chi connectivity index (χ0) is 23.4. The van der Waals surface area contributed by atoms with Gasteiger partial charge in [-0.2, -0.15) is 0 Å². The minimum atomic E-state index is -0.507. The van der Waals surface area contributed by atoms with Crippen molar-refractivity contribution >= 4 is 11.8 Å². The van der Waals surface area contributed by atoms with Crippen molar-refractivity contribution in [2.45, 2.75) is 31.6 Å². The van der Waals surface area contributed by atoms with Gasteiger partial charge in [0.25, 0.3) is 0 Å². The van der Waals surface area contributed by atoms with Crippen molar-refractivity contribution in [2.24, 2.45) is 0 Å². The van der Waals surface area contributed by atoms with Crippen LogP contribution < -0.4 is 0 Å². The van der Waals surface area contributed by atoms with Gasteiger partial charge in [0.2, 0.25) is 0 Å². The second-order valence-corrected chi connectivity index (χ2v) is 8.48. The van der Waals surface area contributed by atoms with E-state index in [1.54, 1.807) is 0 Å². The van der Waals surface area contributed by atoms with Crippen LogP contribution >= 0.6 is 0 Å². The zero-order valence-corrected chi connectivity index (χ0v) is 19.5. The van der Waals surface area contributed by atoms with Crippen molar-refractivity contribution in [1.82, 2.24) is 4.90 Å². The van der Waals surface area contributed by atoms with Gasteiger partial charge in [0.1, 0.15) is 18.8 Å². The molecule has 0 saturated carbocycles. The average molecular weight is 454 g/mol. The Morgan fingerprint density at radius 3 is 1.85 bits per heavy atom. The smallest absolute Gasteiger partial charge is 0.313 e. The molecule has 2 aromatic rings. The predicted molar refractivity (Wildman–Crippen MR) is 127 cm³/mol. The summed E-state index contributed by atoms with van der Waals surface area (Å²) in [6.07, 6.45) is 2.00. The number of piperidine rings is 1. The number of benzene rings is 2. The minimum absolute atomic E-state index is 0.0710. The van der Waals surface area contributed by atoms with Crippen LogP contribution in [0.25, 0.3) is 0 Å². The van der Waals surface area contributed by atoms with Gasteiger partial charge >= 0.3 is 5.97 Å². The van der Waals surface area contributed by atoms with E-state index in [0.29, 0.717) is 26.4 Å². The summed E-state index contributed by atoms with van der Waals surface area (Å²) in [5, 5.41) is 0. The van der Waals surface area contributed by atoms with E-state index in [4.69, 9.17) is 14.2 Å². The molecule has 6 heteroatoms. The average Bonchev–Trinajstić information content (AvgIpc) is 2.84. The molecule has 0 unspecified atom stereocenters. The number of esters is 1. The summed E-state index contributed by atoms with van der Waals surface area (Å²) in [5.74, 6) is -0.707. The lowest BCUT2D eigenvalue weighted by atomic mass is 9.68. The molecule has 33 heavy (non-hydrogen) atoms. The van der Waals surface area contributed by atoms with E-state index < -0.39 is 5.97 Å². The maximum Gasteiger partial charge on any atom is 0.313 e. The lowest BCUT2D eigenvalue weighted by molar-refractivity contribution is -0.147. The summed E-state index contributed by atoms with van der Waals surface area (Å²) in [4.78, 5) is 24.5. The molecular formula is C27H35NO5. The Balaban J connectivity index is 1.33. The number of carbonyl (C=O) groups excluding carboxylic acids is 2. The predicted octanol–water partition coefficient (Wildman–Crippen LogP) is 3.62. The fourth-order valence-corrected chi connectivity index (χ4v) is 4.40. The first kappa shape index (κ1) is 25.1. The normalized spacial score (nSPS) is 15.8. The molecule has 1 fully saturated rings. The van der Waals surface area contributed by atoms with Crippen molar-refractivity contribution in [3.8, 4) is 0 Å². The fraction of sp³-hybridized carbons (Fsp3) is 0.481. The van der Waals surface area contributed by atoms with E-state index in [2.05, 4.69) is 65.6 Å². The topological polar surface area (TPSA) is 65.1 Å². The maximum absolute atomic E-state index is 11.3. The molecule has 0 spiro atoms. The molecule has 178 valence electrons. The number of nitrogens with zero attached hydrogens (tertiary/aromatic N) is 1. The Kier molecular flexibility index (Phi) is 10.1. The molecule has 1 heterocycles. The highest BCUT2D eigenvalue weighted by Crippen LogP contribution is 2.41. The van der Waals surface area contributed by atoms with Crippen molar-refractivity contribution in [3.63, 3.8) is 0 Å². The van der Waals surface area contributed by atoms with Crippen molar-refractivity contribution in [2.75, 3.05) is 52.7 Å². The van der Waals surface area contributed by atoms with Gasteiger partial charge in [0.05, 0.1) is 26.4 Å². The van der Waals surface area contributed by atoms with Crippen LogP contribution in [0.2, 0.25) is 0 Å². The van der Waals surface area contributed by atoms with E-state index in [1.165, 1.54) is 18.1 Å². The van der Waals surface area contributed by atoms with Crippen LogP contribution in [0.5, 0.6) is 0 Å². The summed E-state index contributed by atoms with van der Waals surface area (Å²) in [6.45, 7) is 6.43. The summed E-state index contributed by atoms with van der Waals surface area (Å²) in [7, 11) is 0. The van der Waals surface area contributed by atoms with Gasteiger partial charge in [-0.25, -0.2) is 0 Å². The molecule has 0 radical (unpaired) electrons. The van der Waals surface area contributed by atoms with Crippen LogP contribution in [0.3, 0.4) is 0 Å². The number of ether oxygens (including phenoxy) is 3. The second-order valence-electron chi connectivity index (χ2n) is 8.48. The molecule has 1 saturated heterocycles. The Morgan fingerprint density at radius 2 is 1.30 bits per heavy atom. The molecule has 1 aliphatic rings. The third-order valence-electron chi connectivity index (χ3n) is 6.17. The molecule has 0 aliphatic carbocycles. The first-order valence-corrected chi connectivity index (χ1v) is 11.7. The highest BCUT2D eigenvalue weighted by molar-refractivity contribution is 5.94. The van der Waals surface area contributed by atoms with Gasteiger partial charge in [-0.3, -0.25) is 9.59 Å². The Morgan fingerprint density at radius 1 is 0.788 bits per heavy atom. The second kappa shape index (κ2) is 13.2. The molecule has 1 aliphatic heterocycles. The summed E-state index contributed by atoms with van der Waals surface area (Å²) < 4.78 is 16.0. The monoisotopic (exact) mass is 453 g/mol. The van der Waals surface area contributed by atoms with E-state index in [0.717, 1.165) is 32.5 Å². The van der Waals surface area contributed by atoms with Gasteiger partial charge in [-0.05, 0) is 44.0 Å². The zero-order valence-electron chi connectivity index (χ0n) is 19.5. The fourth-order valence-electron chi connectivity index (χ4n) is 4.40. The van der Waals surface area contributed by atoms with E-state index in [-0.39, 0.29) is 24.2 Å². The number of rotatable bonds is 13. The highest BCUT2D eigenvalue weighted by Gasteiger charge is 2.37. The third-order valence-corrected chi connectivity index (χ3v) is 6.17. The third kappa shape index (κ3) is 7.77. The number of hydrogen-bond donors (Lipinski definition) is 0. The minimum Gasteiger partial charge on any atom is -0.463 e. The Hall–Kier alpha value is -2.54. The molecule has 0 atom stereocenters. The van der Waals surface area contributed by atoms with Crippen LogP contribution in [0.15, 0.2) is 60.7 Å². The van der Waals surface area contributed by atoms with Crippen LogP contribution in [0.1, 0.15) is 37.3 Å². The number of hydrogen-bond acceptors (Lipinski definition) is 6. The SMILES string of the molecule is CC(=O)CC(=O)OCCOCCOCCN1CCC(c2ccccc2)(c2ccccc2)CC1. The van der Waals surface area contributed by atoms with Crippen LogP contribution in [-0.4, -0.2) is 69.3 Å². The van der Waals surface area contributed by atoms with Crippen molar-refractivity contribution < 1.29 is 23.8 Å². The first-order chi connectivity index (χ1) is 16.1. The van der Waals surface area contributed by atoms with Gasteiger partial charge in [0, 0.05) is 12.0 Å². The van der Waals surface area contributed by atoms with Gasteiger partial charge in [0.15, 0.2) is 0 Å². The van der Waals surface area contributed by atoms with Gasteiger partial charge < -0.3 is 19.1 Å². The maximum atomic E-state index is 11.3. The molecule has 0 amide bonds. The van der Waals surface area contributed by atoms with Crippen LogP contribution in [-0.2, 0) is 29.2 Å². The van der Waals surface area contributed by atoms with Crippen molar-refractivity contribution in [1.29, 1.82) is 0 Å². The molecular weight excluding hydrogens is 418 g/mol. The first-order valence-electron chi connectivity index (χ1n) is 11.7. The van der Waals surface area contributed by atoms with E-state index in [1.807, 2.05) is 0 Å². The molecule has 0 bridgehead atoms. The highest BCUT2D eigenvalue weighted by atomic mass is 16.6. The summed E-state index contributed by atoms with van der Waals surface area (Å²) >= 11 is 0. The molecule has 0 N–H and O–H groups in total. The van der Waals surface area contributed by atoms with Crippen LogP contribution in [0, 0.1) is 0 Å². The number of ketones is 1. The largest absolute Gasteiger partial charge is 0.463 e. The number of Topliss-reactive ketones (excluding diaryl/α,β-unsaturated/α-hetero) is 1. The van der Waals surface area contributed by atoms with Crippen LogP contribution in [0.4, 0.5) is 0 Å². The number of carbonyl (C=O) groups is 2. The Bertz CT molecular complexity index is 806. The van der Waals surface area contributed by atoms with Crippen molar-refractivity contribution in [3.05, 3.63) is 71.8 Å². The molecule has 3 rings (SSSR count). The Labute approximate surface area is 196 Å². The van der Waals surface area contributed by atoms with Gasteiger partial charge in [-0.1, -0.05) is 60.7 Å². The summed E-state index contributed by atoms with van der Waals surface area (Å²) in [6, 6.07) is 21.8. The van der Waals surface area contributed by atoms with Gasteiger partial charge in [-0.15, -0.1) is 0 Å². The number of likely N-dealkylation sites (tertiary alicyclic amines) is 1. The summed E-state index contributed by atoms with van der Waals surface area (Å²) in [5.41, 5.74) is 2.87. The quantitative estimate of drug-likeness (QED) is 0.262. The van der Waals surface area contributed by atoms with E-state index >= 15 is 0 Å². The van der Waals surface area contributed by atoms with E-state index in [9.17, 15) is 9.59 Å². The lowest BCUT2D eigenvalue weighted by Crippen LogP contribution is -2.44. The molecule has 0 aromatic heterocycles. The standard InChI is InChI=1S/C27H35NO5/c1-23(29)22-26(30)33-21-20-32-19-18-31-17-16-28-14-12-27(13-15-28,24-8-4-2-5-9-24)25-10-6-3-7-11-25/h2-11H,12-22H2,1H3. The lowest BCUT2D eigenvalue weighted by Gasteiger charge is -2.43. The molecule has 6 nitrogen and oxygen atoms in total.